The topological polar surface area (TPSA) is 154 Å². The van der Waals surface area contributed by atoms with Crippen LogP contribution in [-0.4, -0.2) is 96.4 Å². The van der Waals surface area contributed by atoms with Gasteiger partial charge in [-0.1, -0.05) is 11.3 Å². The summed E-state index contributed by atoms with van der Waals surface area (Å²) in [5.41, 5.74) is 3.71. The summed E-state index contributed by atoms with van der Waals surface area (Å²) in [4.78, 5) is 20.7. The van der Waals surface area contributed by atoms with E-state index in [9.17, 15) is 10.1 Å². The monoisotopic (exact) mass is 594 g/mol. The van der Waals surface area contributed by atoms with Crippen molar-refractivity contribution in [2.24, 2.45) is 0 Å². The molecule has 1 aromatic carbocycles. The fourth-order valence-electron chi connectivity index (χ4n) is 4.25. The van der Waals surface area contributed by atoms with Crippen LogP contribution in [-0.2, 0) is 23.7 Å². The van der Waals surface area contributed by atoms with Crippen molar-refractivity contribution in [3.8, 4) is 23.2 Å². The Labute approximate surface area is 244 Å². The van der Waals surface area contributed by atoms with Gasteiger partial charge in [0.2, 0.25) is 0 Å². The van der Waals surface area contributed by atoms with Gasteiger partial charge in [0.25, 0.3) is 0 Å². The van der Waals surface area contributed by atoms with Crippen LogP contribution in [0, 0.1) is 11.3 Å². The van der Waals surface area contributed by atoms with Gasteiger partial charge in [0, 0.05) is 19.4 Å². The van der Waals surface area contributed by atoms with Crippen molar-refractivity contribution in [2.75, 3.05) is 71.8 Å². The van der Waals surface area contributed by atoms with Crippen molar-refractivity contribution in [3.63, 3.8) is 0 Å². The standard InChI is InChI=1S/C28H30N6O7S/c1-30-27-26(32-24-14-19(16-29)4-5-33(24)27)21-17-34-22-3-2-20(15-23(22)42-28(34)31-21)41-13-12-39-9-8-37-6-7-38-10-11-40-18-25(35)36/h2-5,14-15,17,30H,6-13,18H2,1H3,(H,35,36). The average Bonchev–Trinajstić information content (AvgIpc) is 3.66. The molecule has 0 spiro atoms. The largest absolute Gasteiger partial charge is 0.491 e. The van der Waals surface area contributed by atoms with E-state index in [0.29, 0.717) is 57.5 Å². The smallest absolute Gasteiger partial charge is 0.329 e. The lowest BCUT2D eigenvalue weighted by Gasteiger charge is -2.08. The first-order valence-corrected chi connectivity index (χ1v) is 14.1. The summed E-state index contributed by atoms with van der Waals surface area (Å²) in [6.45, 7) is 2.77. The number of carboxylic acid groups (broad SMARTS) is 1. The van der Waals surface area contributed by atoms with Gasteiger partial charge in [0.1, 0.15) is 41.8 Å². The molecule has 13 nitrogen and oxygen atoms in total. The van der Waals surface area contributed by atoms with Crippen LogP contribution in [0.15, 0.2) is 42.7 Å². The SMILES string of the molecule is CNc1c(-c2cn3c(n2)sc2cc(OCCOCCOCCOCCOCC(=O)O)ccc23)nc2cc(C#N)ccn12. The molecule has 0 aliphatic rings. The number of imidazole rings is 2. The summed E-state index contributed by atoms with van der Waals surface area (Å²) in [6, 6.07) is 11.6. The zero-order chi connectivity index (χ0) is 29.3. The number of nitrogens with zero attached hydrogens (tertiary/aromatic N) is 5. The highest BCUT2D eigenvalue weighted by atomic mass is 32.1. The van der Waals surface area contributed by atoms with Crippen molar-refractivity contribution >= 4 is 43.9 Å². The molecule has 5 rings (SSSR count). The van der Waals surface area contributed by atoms with Crippen LogP contribution in [0.1, 0.15) is 5.56 Å². The maximum absolute atomic E-state index is 10.3. The molecule has 220 valence electrons. The summed E-state index contributed by atoms with van der Waals surface area (Å²) in [7, 11) is 1.84. The number of anilines is 1. The number of ether oxygens (including phenoxy) is 5. The van der Waals surface area contributed by atoms with Crippen LogP contribution < -0.4 is 10.1 Å². The molecule has 42 heavy (non-hydrogen) atoms. The van der Waals surface area contributed by atoms with Gasteiger partial charge in [-0.05, 0) is 30.3 Å². The van der Waals surface area contributed by atoms with E-state index in [1.54, 1.807) is 23.5 Å². The van der Waals surface area contributed by atoms with Gasteiger partial charge >= 0.3 is 5.97 Å². The number of hydrogen-bond donors (Lipinski definition) is 2. The maximum atomic E-state index is 10.3. The number of aliphatic carboxylic acids is 1. The highest BCUT2D eigenvalue weighted by Gasteiger charge is 2.18. The number of aromatic nitrogens is 4. The van der Waals surface area contributed by atoms with Gasteiger partial charge in [-0.25, -0.2) is 14.8 Å². The number of nitriles is 1. The third-order valence-electron chi connectivity index (χ3n) is 6.14. The Balaban J connectivity index is 1.07. The molecule has 0 atom stereocenters. The fraction of sp³-hybridized carbons (Fsp3) is 0.357. The number of carbonyl (C=O) groups is 1. The molecule has 0 aliphatic carbocycles. The van der Waals surface area contributed by atoms with E-state index in [0.717, 1.165) is 38.1 Å². The number of carboxylic acids is 1. The Kier molecular flexibility index (Phi) is 9.80. The quantitative estimate of drug-likeness (QED) is 0.152. The minimum absolute atomic E-state index is 0.233. The Hall–Kier alpha value is -4.26. The number of pyridine rings is 1. The van der Waals surface area contributed by atoms with Crippen molar-refractivity contribution in [1.29, 1.82) is 5.26 Å². The average molecular weight is 595 g/mol. The number of rotatable bonds is 17. The minimum Gasteiger partial charge on any atom is -0.491 e. The molecule has 5 aromatic rings. The van der Waals surface area contributed by atoms with Crippen molar-refractivity contribution in [1.82, 2.24) is 18.8 Å². The first-order valence-electron chi connectivity index (χ1n) is 13.2. The van der Waals surface area contributed by atoms with Crippen LogP contribution in [0.5, 0.6) is 5.75 Å². The molecule has 4 heterocycles. The van der Waals surface area contributed by atoms with E-state index in [2.05, 4.69) is 11.4 Å². The Bertz CT molecular complexity index is 1710. The fourth-order valence-corrected chi connectivity index (χ4v) is 5.29. The molecule has 0 bridgehead atoms. The van der Waals surface area contributed by atoms with Gasteiger partial charge in [-0.2, -0.15) is 5.26 Å². The number of thiazole rings is 1. The lowest BCUT2D eigenvalue weighted by Crippen LogP contribution is -2.15. The third kappa shape index (κ3) is 6.96. The molecule has 2 N–H and O–H groups in total. The second-order valence-electron chi connectivity index (χ2n) is 8.96. The Morgan fingerprint density at radius 3 is 2.38 bits per heavy atom. The second-order valence-corrected chi connectivity index (χ2v) is 9.97. The van der Waals surface area contributed by atoms with Gasteiger partial charge < -0.3 is 34.1 Å². The molecule has 0 fully saturated rings. The summed E-state index contributed by atoms with van der Waals surface area (Å²) in [5.74, 6) is 0.559. The van der Waals surface area contributed by atoms with E-state index < -0.39 is 5.97 Å². The minimum atomic E-state index is -0.999. The summed E-state index contributed by atoms with van der Waals surface area (Å²) in [6.07, 6.45) is 3.80. The lowest BCUT2D eigenvalue weighted by molar-refractivity contribution is -0.142. The first kappa shape index (κ1) is 29.2. The number of benzene rings is 1. The normalized spacial score (nSPS) is 11.4. The third-order valence-corrected chi connectivity index (χ3v) is 7.16. The second kappa shape index (κ2) is 14.1. The first-order chi connectivity index (χ1) is 20.6. The van der Waals surface area contributed by atoms with Crippen molar-refractivity contribution < 1.29 is 33.6 Å². The maximum Gasteiger partial charge on any atom is 0.329 e. The molecule has 0 amide bonds. The van der Waals surface area contributed by atoms with Gasteiger partial charge in [-0.15, -0.1) is 0 Å². The summed E-state index contributed by atoms with van der Waals surface area (Å²) >= 11 is 1.57. The number of hydrogen-bond acceptors (Lipinski definition) is 11. The van der Waals surface area contributed by atoms with E-state index in [1.165, 1.54) is 0 Å². The van der Waals surface area contributed by atoms with E-state index in [4.69, 9.17) is 38.8 Å². The van der Waals surface area contributed by atoms with Gasteiger partial charge in [0.05, 0.1) is 68.1 Å². The van der Waals surface area contributed by atoms with Crippen LogP contribution in [0.3, 0.4) is 0 Å². The number of fused-ring (bicyclic) bond motifs is 4. The molecule has 0 saturated carbocycles. The molecule has 14 heteroatoms. The predicted octanol–water partition coefficient (Wildman–Crippen LogP) is 3.31. The van der Waals surface area contributed by atoms with Crippen LogP contribution >= 0.6 is 11.3 Å². The predicted molar refractivity (Wildman–Crippen MR) is 155 cm³/mol. The van der Waals surface area contributed by atoms with Gasteiger partial charge in [0.15, 0.2) is 4.96 Å². The molecule has 0 saturated heterocycles. The highest BCUT2D eigenvalue weighted by molar-refractivity contribution is 7.23. The molecule has 4 aromatic heterocycles. The summed E-state index contributed by atoms with van der Waals surface area (Å²) < 4.78 is 32.0. The van der Waals surface area contributed by atoms with Gasteiger partial charge in [-0.3, -0.25) is 8.80 Å². The Morgan fingerprint density at radius 2 is 1.69 bits per heavy atom. The zero-order valence-corrected chi connectivity index (χ0v) is 23.8. The summed E-state index contributed by atoms with van der Waals surface area (Å²) in [5, 5.41) is 20.9. The molecule has 0 radical (unpaired) electrons. The van der Waals surface area contributed by atoms with Crippen molar-refractivity contribution in [2.45, 2.75) is 0 Å². The zero-order valence-electron chi connectivity index (χ0n) is 22.9. The van der Waals surface area contributed by atoms with E-state index in [1.807, 2.05) is 46.4 Å². The van der Waals surface area contributed by atoms with E-state index >= 15 is 0 Å². The lowest BCUT2D eigenvalue weighted by atomic mass is 10.3. The molecular weight excluding hydrogens is 564 g/mol. The molecule has 0 unspecified atom stereocenters. The van der Waals surface area contributed by atoms with Crippen LogP contribution in [0.25, 0.3) is 32.2 Å². The molecule has 0 aliphatic heterocycles. The molecular formula is C28H30N6O7S. The number of nitrogens with one attached hydrogen (secondary N) is 1. The van der Waals surface area contributed by atoms with E-state index in [-0.39, 0.29) is 13.2 Å². The highest BCUT2D eigenvalue weighted by Crippen LogP contribution is 2.34. The van der Waals surface area contributed by atoms with Crippen molar-refractivity contribution in [3.05, 3.63) is 48.3 Å². The van der Waals surface area contributed by atoms with Crippen LogP contribution in [0.4, 0.5) is 5.82 Å². The Morgan fingerprint density at radius 1 is 0.976 bits per heavy atom. The van der Waals surface area contributed by atoms with Crippen LogP contribution in [0.2, 0.25) is 0 Å².